The number of hydrogen-bond acceptors (Lipinski definition) is 5. The molecule has 1 amide bonds. The molecule has 0 aliphatic carbocycles. The van der Waals surface area contributed by atoms with E-state index < -0.39 is 5.82 Å². The lowest BCUT2D eigenvalue weighted by molar-refractivity contribution is -0.115. The van der Waals surface area contributed by atoms with Crippen LogP contribution in [0.25, 0.3) is 0 Å². The zero-order valence-electron chi connectivity index (χ0n) is 15.7. The summed E-state index contributed by atoms with van der Waals surface area (Å²) in [5.41, 5.74) is 2.37. The number of anilines is 1. The highest BCUT2D eigenvalue weighted by atomic mass is 35.5. The van der Waals surface area contributed by atoms with Gasteiger partial charge in [0.2, 0.25) is 5.91 Å². The number of ether oxygens (including phenoxy) is 1. The fourth-order valence-electron chi connectivity index (χ4n) is 2.70. The Balaban J connectivity index is 1.65. The number of nitriles is 1. The van der Waals surface area contributed by atoms with E-state index in [2.05, 4.69) is 11.4 Å². The number of nitrogens with zero attached hydrogens (tertiary/aromatic N) is 1. The van der Waals surface area contributed by atoms with Gasteiger partial charge in [0, 0.05) is 21.2 Å². The van der Waals surface area contributed by atoms with Crippen molar-refractivity contribution in [2.45, 2.75) is 17.9 Å². The first-order valence-electron chi connectivity index (χ1n) is 8.85. The van der Waals surface area contributed by atoms with Crippen LogP contribution in [-0.2, 0) is 17.8 Å². The van der Waals surface area contributed by atoms with Gasteiger partial charge in [-0.15, -0.1) is 0 Å². The number of hydrogen-bond donors (Lipinski definition) is 2. The van der Waals surface area contributed by atoms with Crippen LogP contribution in [0.5, 0.6) is 5.75 Å². The Bertz CT molecular complexity index is 1100. The van der Waals surface area contributed by atoms with Crippen molar-refractivity contribution >= 4 is 35.1 Å². The molecule has 30 heavy (non-hydrogen) atoms. The van der Waals surface area contributed by atoms with E-state index >= 15 is 0 Å². The average Bonchev–Trinajstić information content (AvgIpc) is 2.75. The van der Waals surface area contributed by atoms with Gasteiger partial charge in [-0.3, -0.25) is 9.93 Å². The summed E-state index contributed by atoms with van der Waals surface area (Å²) < 4.78 is 19.1. The van der Waals surface area contributed by atoms with Crippen LogP contribution in [0.1, 0.15) is 16.7 Å². The maximum atomic E-state index is 13.4. The van der Waals surface area contributed by atoms with Crippen LogP contribution in [-0.4, -0.2) is 5.91 Å². The third-order valence-corrected chi connectivity index (χ3v) is 5.22. The molecule has 0 heterocycles. The first kappa shape index (κ1) is 21.7. The fraction of sp³-hybridized carbons (Fsp3) is 0.0909. The molecule has 0 saturated heterocycles. The molecule has 0 aliphatic rings. The molecule has 0 fully saturated rings. The molecule has 152 valence electrons. The molecule has 3 N–H and O–H groups in total. The maximum absolute atomic E-state index is 13.4. The van der Waals surface area contributed by atoms with E-state index in [0.29, 0.717) is 27.6 Å². The smallest absolute Gasteiger partial charge is 0.228 e. The van der Waals surface area contributed by atoms with Gasteiger partial charge in [0.05, 0.1) is 18.1 Å². The van der Waals surface area contributed by atoms with E-state index in [1.165, 1.54) is 18.2 Å². The Morgan fingerprint density at radius 1 is 1.13 bits per heavy atom. The van der Waals surface area contributed by atoms with Crippen LogP contribution >= 0.6 is 23.5 Å². The Hall–Kier alpha value is -3.05. The van der Waals surface area contributed by atoms with Crippen LogP contribution in [0.2, 0.25) is 5.02 Å². The minimum atomic E-state index is -0.448. The highest BCUT2D eigenvalue weighted by Gasteiger charge is 2.11. The molecule has 8 heteroatoms. The number of benzene rings is 3. The first-order valence-corrected chi connectivity index (χ1v) is 10.1. The normalized spacial score (nSPS) is 10.3. The molecule has 0 bridgehead atoms. The molecule has 0 spiro atoms. The van der Waals surface area contributed by atoms with Gasteiger partial charge >= 0.3 is 0 Å². The highest BCUT2D eigenvalue weighted by Crippen LogP contribution is 2.25. The zero-order chi connectivity index (χ0) is 21.5. The van der Waals surface area contributed by atoms with Gasteiger partial charge in [0.25, 0.3) is 0 Å². The van der Waals surface area contributed by atoms with Crippen LogP contribution in [0.3, 0.4) is 0 Å². The van der Waals surface area contributed by atoms with Crippen LogP contribution < -0.4 is 15.2 Å². The second-order valence-electron chi connectivity index (χ2n) is 6.33. The highest BCUT2D eigenvalue weighted by molar-refractivity contribution is 7.97. The van der Waals surface area contributed by atoms with Crippen LogP contribution in [0.4, 0.5) is 10.1 Å². The van der Waals surface area contributed by atoms with E-state index in [1.54, 1.807) is 36.4 Å². The molecular weight excluding hydrogens is 425 g/mol. The molecule has 0 aliphatic heterocycles. The molecule has 0 atom stereocenters. The monoisotopic (exact) mass is 441 g/mol. The Labute approximate surface area is 182 Å². The molecule has 0 saturated carbocycles. The van der Waals surface area contributed by atoms with Crippen LogP contribution in [0.15, 0.2) is 65.6 Å². The number of halogens is 2. The van der Waals surface area contributed by atoms with Gasteiger partial charge in [-0.25, -0.2) is 4.39 Å². The Kier molecular flexibility index (Phi) is 7.31. The number of rotatable bonds is 7. The van der Waals surface area contributed by atoms with Crippen molar-refractivity contribution < 1.29 is 13.9 Å². The van der Waals surface area contributed by atoms with E-state index in [0.717, 1.165) is 22.4 Å². The van der Waals surface area contributed by atoms with Gasteiger partial charge in [0.1, 0.15) is 18.2 Å². The lowest BCUT2D eigenvalue weighted by atomic mass is 10.1. The van der Waals surface area contributed by atoms with Crippen LogP contribution in [0, 0.1) is 17.1 Å². The summed E-state index contributed by atoms with van der Waals surface area (Å²) in [6.07, 6.45) is -0.0503. The third kappa shape index (κ3) is 5.74. The summed E-state index contributed by atoms with van der Waals surface area (Å²) in [5, 5.41) is 17.7. The van der Waals surface area contributed by atoms with Crippen molar-refractivity contribution in [3.63, 3.8) is 0 Å². The largest absolute Gasteiger partial charge is 0.489 e. The fourth-order valence-corrected chi connectivity index (χ4v) is 3.36. The predicted octanol–water partition coefficient (Wildman–Crippen LogP) is 5.08. The minimum Gasteiger partial charge on any atom is -0.489 e. The van der Waals surface area contributed by atoms with Crippen molar-refractivity contribution in [3.8, 4) is 11.8 Å². The second kappa shape index (κ2) is 10.1. The summed E-state index contributed by atoms with van der Waals surface area (Å²) >= 11 is 7.06. The lowest BCUT2D eigenvalue weighted by Crippen LogP contribution is -2.15. The van der Waals surface area contributed by atoms with Gasteiger partial charge < -0.3 is 10.1 Å². The van der Waals surface area contributed by atoms with Crippen molar-refractivity contribution in [2.24, 2.45) is 5.14 Å². The molecule has 0 aromatic heterocycles. The van der Waals surface area contributed by atoms with E-state index in [-0.39, 0.29) is 18.9 Å². The van der Waals surface area contributed by atoms with Gasteiger partial charge in [-0.1, -0.05) is 17.7 Å². The third-order valence-electron chi connectivity index (χ3n) is 4.21. The predicted molar refractivity (Wildman–Crippen MR) is 116 cm³/mol. The van der Waals surface area contributed by atoms with E-state index in [9.17, 15) is 9.18 Å². The summed E-state index contributed by atoms with van der Waals surface area (Å²) in [4.78, 5) is 13.1. The second-order valence-corrected chi connectivity index (χ2v) is 7.41. The van der Waals surface area contributed by atoms with Crippen molar-refractivity contribution in [2.75, 3.05) is 5.32 Å². The lowest BCUT2D eigenvalue weighted by Gasteiger charge is -2.12. The molecule has 3 aromatic rings. The van der Waals surface area contributed by atoms with E-state index in [4.69, 9.17) is 26.7 Å². The molecule has 5 nitrogen and oxygen atoms in total. The number of amides is 1. The number of carbonyl (C=O) groups is 1. The SMILES string of the molecule is N#Cc1ccc(OCc2ccc(NC(=O)Cc3cc(F)ccc3Cl)cc2SN)cc1. The van der Waals surface area contributed by atoms with Gasteiger partial charge in [-0.05, 0) is 72.1 Å². The summed E-state index contributed by atoms with van der Waals surface area (Å²) in [6, 6.07) is 18.1. The van der Waals surface area contributed by atoms with Crippen molar-refractivity contribution in [3.05, 3.63) is 88.2 Å². The summed E-state index contributed by atoms with van der Waals surface area (Å²) in [7, 11) is 0. The summed E-state index contributed by atoms with van der Waals surface area (Å²) in [5.74, 6) is -0.140. The minimum absolute atomic E-state index is 0.0503. The summed E-state index contributed by atoms with van der Waals surface area (Å²) in [6.45, 7) is 0.276. The van der Waals surface area contributed by atoms with E-state index in [1.807, 2.05) is 6.07 Å². The Morgan fingerprint density at radius 2 is 1.90 bits per heavy atom. The Morgan fingerprint density at radius 3 is 2.60 bits per heavy atom. The van der Waals surface area contributed by atoms with Gasteiger partial charge in [-0.2, -0.15) is 5.26 Å². The quantitative estimate of drug-likeness (QED) is 0.499. The average molecular weight is 442 g/mol. The zero-order valence-corrected chi connectivity index (χ0v) is 17.3. The number of carbonyl (C=O) groups excluding carboxylic acids is 1. The molecule has 0 unspecified atom stereocenters. The van der Waals surface area contributed by atoms with Crippen molar-refractivity contribution in [1.82, 2.24) is 0 Å². The molecule has 0 radical (unpaired) electrons. The molecule has 3 aromatic carbocycles. The maximum Gasteiger partial charge on any atom is 0.228 e. The van der Waals surface area contributed by atoms with Gasteiger partial charge in [0.15, 0.2) is 0 Å². The first-order chi connectivity index (χ1) is 14.5. The number of nitrogens with one attached hydrogen (secondary N) is 1. The molecule has 3 rings (SSSR count). The standard InChI is InChI=1S/C22H17ClFN3O2S/c23-20-8-4-17(24)9-16(20)10-22(28)27-18-5-3-15(21(11-18)30-26)13-29-19-6-1-14(12-25)2-7-19/h1-9,11H,10,13,26H2,(H,27,28). The van der Waals surface area contributed by atoms with Crippen molar-refractivity contribution in [1.29, 1.82) is 5.26 Å². The number of nitrogens with two attached hydrogens (primary N) is 1. The topological polar surface area (TPSA) is 88.1 Å². The molecular formula is C22H17ClFN3O2S.